The third-order valence-electron chi connectivity index (χ3n) is 4.25. The van der Waals surface area contributed by atoms with Crippen LogP contribution in [0.1, 0.15) is 25.8 Å². The van der Waals surface area contributed by atoms with E-state index in [1.54, 1.807) is 13.8 Å². The van der Waals surface area contributed by atoms with Gasteiger partial charge in [-0.2, -0.15) is 0 Å². The summed E-state index contributed by atoms with van der Waals surface area (Å²) in [5.41, 5.74) is -0.594. The van der Waals surface area contributed by atoms with E-state index in [1.807, 2.05) is 0 Å². The first-order valence-electron chi connectivity index (χ1n) is 7.53. The van der Waals surface area contributed by atoms with Gasteiger partial charge in [0.05, 0.1) is 24.9 Å². The zero-order valence-electron chi connectivity index (χ0n) is 13.0. The molecule has 0 saturated carbocycles. The molecule has 1 N–H and O–H groups in total. The van der Waals surface area contributed by atoms with Gasteiger partial charge in [0.2, 0.25) is 0 Å². The molecule has 2 aliphatic heterocycles. The first kappa shape index (κ1) is 16.1. The summed E-state index contributed by atoms with van der Waals surface area (Å²) in [5.74, 6) is -1.36. The summed E-state index contributed by atoms with van der Waals surface area (Å²) in [6.07, 6.45) is -0.676. The van der Waals surface area contributed by atoms with Crippen LogP contribution in [-0.4, -0.2) is 46.7 Å². The van der Waals surface area contributed by atoms with Gasteiger partial charge in [0.15, 0.2) is 0 Å². The minimum atomic E-state index is -1.11. The minimum Gasteiger partial charge on any atom is -0.465 e. The summed E-state index contributed by atoms with van der Waals surface area (Å²) in [7, 11) is 0. The molecule has 0 aliphatic carbocycles. The van der Waals surface area contributed by atoms with Gasteiger partial charge in [-0.25, -0.2) is 13.6 Å². The fourth-order valence-corrected chi connectivity index (χ4v) is 3.31. The van der Waals surface area contributed by atoms with Crippen molar-refractivity contribution in [3.05, 3.63) is 35.4 Å². The zero-order chi connectivity index (χ0) is 16.8. The van der Waals surface area contributed by atoms with Crippen LogP contribution in [0.25, 0.3) is 0 Å². The third-order valence-corrected chi connectivity index (χ3v) is 4.25. The van der Waals surface area contributed by atoms with Gasteiger partial charge >= 0.3 is 6.09 Å². The molecule has 0 bridgehead atoms. The number of nitrogens with zero attached hydrogens (tertiary/aromatic N) is 1. The van der Waals surface area contributed by atoms with Crippen molar-refractivity contribution < 1.29 is 28.2 Å². The van der Waals surface area contributed by atoms with Gasteiger partial charge in [-0.1, -0.05) is 0 Å². The third kappa shape index (κ3) is 3.45. The number of hydrogen-bond acceptors (Lipinski definition) is 3. The van der Waals surface area contributed by atoms with Gasteiger partial charge in [0.1, 0.15) is 17.4 Å². The zero-order valence-corrected chi connectivity index (χ0v) is 13.0. The Labute approximate surface area is 132 Å². The lowest BCUT2D eigenvalue weighted by Gasteiger charge is -2.31. The van der Waals surface area contributed by atoms with Crippen LogP contribution in [0.4, 0.5) is 13.6 Å². The molecule has 2 heterocycles. The minimum absolute atomic E-state index is 0.0660. The number of halogens is 2. The average molecular weight is 327 g/mol. The summed E-state index contributed by atoms with van der Waals surface area (Å²) < 4.78 is 37.9. The standard InChI is InChI=1S/C16H19F2NO4/c1-16(2)19(15(20)21)13(14(23-16)7-12-8-22-12)5-9-3-10(17)6-11(18)4-9/h3-4,6,12-14H,5,7-8H2,1-2H3,(H,20,21)/t12-,13-,14-/m0/s1. The van der Waals surface area contributed by atoms with E-state index < -0.39 is 29.5 Å². The SMILES string of the molecule is CC1(C)O[C@@H](C[C@H]2CO2)[C@H](Cc2cc(F)cc(F)c2)N1C(=O)O. The second kappa shape index (κ2) is 5.72. The number of hydrogen-bond donors (Lipinski definition) is 1. The molecule has 0 aromatic heterocycles. The normalized spacial score (nSPS) is 28.9. The highest BCUT2D eigenvalue weighted by Crippen LogP contribution is 2.37. The summed E-state index contributed by atoms with van der Waals surface area (Å²) in [6, 6.07) is 2.72. The molecule has 5 nitrogen and oxygen atoms in total. The molecular formula is C16H19F2NO4. The topological polar surface area (TPSA) is 62.3 Å². The first-order chi connectivity index (χ1) is 10.8. The maximum atomic E-state index is 13.4. The number of rotatable bonds is 4. The van der Waals surface area contributed by atoms with Gasteiger partial charge in [-0.15, -0.1) is 0 Å². The van der Waals surface area contributed by atoms with Crippen molar-refractivity contribution >= 4 is 6.09 Å². The molecule has 126 valence electrons. The summed E-state index contributed by atoms with van der Waals surface area (Å²) in [5, 5.41) is 9.54. The highest BCUT2D eigenvalue weighted by Gasteiger charge is 2.51. The number of carboxylic acid groups (broad SMARTS) is 1. The first-order valence-corrected chi connectivity index (χ1v) is 7.53. The smallest absolute Gasteiger partial charge is 0.409 e. The quantitative estimate of drug-likeness (QED) is 0.864. The molecule has 1 aromatic carbocycles. The second-order valence-corrected chi connectivity index (χ2v) is 6.50. The Balaban J connectivity index is 1.87. The van der Waals surface area contributed by atoms with Crippen LogP contribution in [0.15, 0.2) is 18.2 Å². The molecular weight excluding hydrogens is 308 g/mol. The Hall–Kier alpha value is -1.73. The maximum absolute atomic E-state index is 13.4. The van der Waals surface area contributed by atoms with E-state index in [0.29, 0.717) is 18.6 Å². The highest BCUT2D eigenvalue weighted by molar-refractivity contribution is 5.67. The van der Waals surface area contributed by atoms with Crippen molar-refractivity contribution in [3.63, 3.8) is 0 Å². The molecule has 0 unspecified atom stereocenters. The van der Waals surface area contributed by atoms with Crippen molar-refractivity contribution in [2.45, 2.75) is 50.7 Å². The van der Waals surface area contributed by atoms with Crippen LogP contribution in [0, 0.1) is 11.6 Å². The van der Waals surface area contributed by atoms with Crippen molar-refractivity contribution in [3.8, 4) is 0 Å². The lowest BCUT2D eigenvalue weighted by atomic mass is 9.97. The van der Waals surface area contributed by atoms with Crippen molar-refractivity contribution in [1.82, 2.24) is 4.90 Å². The molecule has 3 atom stereocenters. The van der Waals surface area contributed by atoms with Crippen molar-refractivity contribution in [1.29, 1.82) is 0 Å². The number of ether oxygens (including phenoxy) is 2. The van der Waals surface area contributed by atoms with Crippen LogP contribution in [0.2, 0.25) is 0 Å². The van der Waals surface area contributed by atoms with E-state index in [4.69, 9.17) is 9.47 Å². The lowest BCUT2D eigenvalue weighted by Crippen LogP contribution is -2.48. The second-order valence-electron chi connectivity index (χ2n) is 6.50. The fraction of sp³-hybridized carbons (Fsp3) is 0.562. The number of benzene rings is 1. The van der Waals surface area contributed by atoms with Crippen molar-refractivity contribution in [2.75, 3.05) is 6.61 Å². The Morgan fingerprint density at radius 1 is 1.35 bits per heavy atom. The predicted molar refractivity (Wildman–Crippen MR) is 77.0 cm³/mol. The molecule has 1 aromatic rings. The van der Waals surface area contributed by atoms with Gasteiger partial charge in [-0.3, -0.25) is 4.90 Å². The van der Waals surface area contributed by atoms with E-state index in [0.717, 1.165) is 6.07 Å². The molecule has 3 rings (SSSR count). The van der Waals surface area contributed by atoms with Crippen LogP contribution in [0.5, 0.6) is 0 Å². The molecule has 0 spiro atoms. The number of amides is 1. The maximum Gasteiger partial charge on any atom is 0.409 e. The lowest BCUT2D eigenvalue weighted by molar-refractivity contribution is -0.0688. The van der Waals surface area contributed by atoms with E-state index in [1.165, 1.54) is 17.0 Å². The van der Waals surface area contributed by atoms with Gasteiger partial charge in [0, 0.05) is 12.5 Å². The van der Waals surface area contributed by atoms with Crippen LogP contribution in [-0.2, 0) is 15.9 Å². The van der Waals surface area contributed by atoms with E-state index in [9.17, 15) is 18.7 Å². The largest absolute Gasteiger partial charge is 0.465 e. The van der Waals surface area contributed by atoms with E-state index in [2.05, 4.69) is 0 Å². The molecule has 0 radical (unpaired) electrons. The van der Waals surface area contributed by atoms with E-state index >= 15 is 0 Å². The Kier molecular flexibility index (Phi) is 4.01. The number of carbonyl (C=O) groups is 1. The molecule has 1 amide bonds. The Morgan fingerprint density at radius 2 is 1.96 bits per heavy atom. The van der Waals surface area contributed by atoms with Crippen molar-refractivity contribution in [2.24, 2.45) is 0 Å². The summed E-state index contributed by atoms with van der Waals surface area (Å²) >= 11 is 0. The average Bonchev–Trinajstić information content (AvgIpc) is 3.14. The molecule has 2 aliphatic rings. The molecule has 2 saturated heterocycles. The Morgan fingerprint density at radius 3 is 2.48 bits per heavy atom. The highest BCUT2D eigenvalue weighted by atomic mass is 19.1. The van der Waals surface area contributed by atoms with Gasteiger partial charge in [-0.05, 0) is 38.0 Å². The molecule has 7 heteroatoms. The van der Waals surface area contributed by atoms with E-state index in [-0.39, 0.29) is 18.6 Å². The van der Waals surface area contributed by atoms with Gasteiger partial charge < -0.3 is 14.6 Å². The van der Waals surface area contributed by atoms with Crippen LogP contribution < -0.4 is 0 Å². The van der Waals surface area contributed by atoms with Crippen LogP contribution in [0.3, 0.4) is 0 Å². The molecule has 23 heavy (non-hydrogen) atoms. The fourth-order valence-electron chi connectivity index (χ4n) is 3.31. The number of epoxide rings is 1. The summed E-state index contributed by atoms with van der Waals surface area (Å²) in [4.78, 5) is 12.9. The Bertz CT molecular complexity index is 598. The van der Waals surface area contributed by atoms with Crippen LogP contribution >= 0.6 is 0 Å². The predicted octanol–water partition coefficient (Wildman–Crippen LogP) is 2.78. The summed E-state index contributed by atoms with van der Waals surface area (Å²) in [6.45, 7) is 3.98. The molecule has 2 fully saturated rings. The van der Waals surface area contributed by atoms with Gasteiger partial charge in [0.25, 0.3) is 0 Å². The monoisotopic (exact) mass is 327 g/mol.